The third-order valence-electron chi connectivity index (χ3n) is 3.07. The Morgan fingerprint density at radius 2 is 1.94 bits per heavy atom. The van der Waals surface area contributed by atoms with Crippen molar-refractivity contribution in [3.8, 4) is 0 Å². The molecule has 1 unspecified atom stereocenters. The van der Waals surface area contributed by atoms with E-state index in [0.717, 1.165) is 24.0 Å². The maximum atomic E-state index is 11.4. The lowest BCUT2D eigenvalue weighted by molar-refractivity contribution is -0.144. The third kappa shape index (κ3) is 3.30. The van der Waals surface area contributed by atoms with Crippen LogP contribution in [0.1, 0.15) is 37.8 Å². The summed E-state index contributed by atoms with van der Waals surface area (Å²) < 4.78 is 0. The summed E-state index contributed by atoms with van der Waals surface area (Å²) in [5.41, 5.74) is 0.935. The summed E-state index contributed by atoms with van der Waals surface area (Å²) >= 11 is 0. The van der Waals surface area contributed by atoms with Crippen molar-refractivity contribution >= 4 is 5.97 Å². The van der Waals surface area contributed by atoms with Crippen molar-refractivity contribution in [1.82, 2.24) is 5.32 Å². The molecule has 1 aromatic rings. The van der Waals surface area contributed by atoms with Gasteiger partial charge in [-0.3, -0.25) is 5.32 Å². The van der Waals surface area contributed by atoms with Crippen molar-refractivity contribution in [2.24, 2.45) is 0 Å². The third-order valence-corrected chi connectivity index (χ3v) is 3.07. The molecule has 1 aromatic carbocycles. The minimum atomic E-state index is -0.997. The highest BCUT2D eigenvalue weighted by Crippen LogP contribution is 2.21. The van der Waals surface area contributed by atoms with Gasteiger partial charge >= 0.3 is 5.97 Å². The zero-order valence-electron chi connectivity index (χ0n) is 10.8. The van der Waals surface area contributed by atoms with E-state index in [1.54, 1.807) is 6.92 Å². The van der Waals surface area contributed by atoms with Crippen molar-refractivity contribution < 1.29 is 9.90 Å². The Bertz CT molecular complexity index is 372. The summed E-state index contributed by atoms with van der Waals surface area (Å²) in [4.78, 5) is 11.4. The summed E-state index contributed by atoms with van der Waals surface area (Å²) in [5.74, 6) is -0.836. The largest absolute Gasteiger partial charge is 0.480 e. The number of hydrogen-bond acceptors (Lipinski definition) is 2. The van der Waals surface area contributed by atoms with Gasteiger partial charge in [-0.25, -0.2) is 4.79 Å². The Kier molecular flexibility index (Phi) is 4.70. The van der Waals surface area contributed by atoms with Gasteiger partial charge in [-0.15, -0.1) is 0 Å². The van der Waals surface area contributed by atoms with Crippen LogP contribution in [0.4, 0.5) is 0 Å². The summed E-state index contributed by atoms with van der Waals surface area (Å²) in [5, 5.41) is 12.5. The predicted octanol–water partition coefficient (Wildman–Crippen LogP) is 2.68. The van der Waals surface area contributed by atoms with E-state index in [0.29, 0.717) is 6.54 Å². The van der Waals surface area contributed by atoms with Gasteiger partial charge in [0.25, 0.3) is 0 Å². The number of carboxylic acids is 1. The van der Waals surface area contributed by atoms with Crippen molar-refractivity contribution in [1.29, 1.82) is 0 Å². The van der Waals surface area contributed by atoms with Crippen molar-refractivity contribution in [2.75, 3.05) is 6.54 Å². The number of nitrogens with one attached hydrogen (secondary N) is 1. The summed E-state index contributed by atoms with van der Waals surface area (Å²) in [7, 11) is 0. The van der Waals surface area contributed by atoms with E-state index < -0.39 is 11.5 Å². The first-order chi connectivity index (χ1) is 8.00. The van der Waals surface area contributed by atoms with Crippen LogP contribution in [0, 0.1) is 6.92 Å². The number of carboxylic acid groups (broad SMARTS) is 1. The van der Waals surface area contributed by atoms with Crippen LogP contribution in [0.25, 0.3) is 0 Å². The molecular weight excluding hydrogens is 214 g/mol. The molecule has 3 nitrogen and oxygen atoms in total. The van der Waals surface area contributed by atoms with E-state index in [9.17, 15) is 9.90 Å². The van der Waals surface area contributed by atoms with Gasteiger partial charge in [-0.2, -0.15) is 0 Å². The molecule has 0 bridgehead atoms. The van der Waals surface area contributed by atoms with Crippen LogP contribution in [-0.4, -0.2) is 17.6 Å². The summed E-state index contributed by atoms with van der Waals surface area (Å²) in [6.45, 7) is 6.51. The molecular formula is C14H21NO2. The van der Waals surface area contributed by atoms with Crippen molar-refractivity contribution in [2.45, 2.75) is 39.2 Å². The Morgan fingerprint density at radius 3 is 2.41 bits per heavy atom. The average Bonchev–Trinajstić information content (AvgIpc) is 2.29. The number of rotatable bonds is 6. The van der Waals surface area contributed by atoms with E-state index in [-0.39, 0.29) is 0 Å². The molecule has 0 amide bonds. The molecule has 0 aliphatic carbocycles. The molecule has 0 heterocycles. The van der Waals surface area contributed by atoms with Gasteiger partial charge < -0.3 is 5.11 Å². The SMILES string of the molecule is CCCCNC(C)(C(=O)O)c1ccc(C)cc1. The van der Waals surface area contributed by atoms with Gasteiger partial charge in [0.1, 0.15) is 5.54 Å². The molecule has 3 heteroatoms. The predicted molar refractivity (Wildman–Crippen MR) is 69.1 cm³/mol. The molecule has 17 heavy (non-hydrogen) atoms. The topological polar surface area (TPSA) is 49.3 Å². The average molecular weight is 235 g/mol. The van der Waals surface area contributed by atoms with Crippen LogP contribution in [0.5, 0.6) is 0 Å². The first-order valence-electron chi connectivity index (χ1n) is 6.06. The van der Waals surface area contributed by atoms with E-state index >= 15 is 0 Å². The maximum Gasteiger partial charge on any atom is 0.328 e. The Balaban J connectivity index is 2.90. The number of benzene rings is 1. The molecule has 0 saturated heterocycles. The molecule has 0 aliphatic rings. The second-order valence-corrected chi connectivity index (χ2v) is 4.58. The monoisotopic (exact) mass is 235 g/mol. The van der Waals surface area contributed by atoms with Gasteiger partial charge in [0.15, 0.2) is 0 Å². The second-order valence-electron chi connectivity index (χ2n) is 4.58. The van der Waals surface area contributed by atoms with Crippen LogP contribution in [0.15, 0.2) is 24.3 Å². The summed E-state index contributed by atoms with van der Waals surface area (Å²) in [6.07, 6.45) is 2.03. The lowest BCUT2D eigenvalue weighted by Gasteiger charge is -2.27. The fourth-order valence-corrected chi connectivity index (χ4v) is 1.70. The molecule has 1 rings (SSSR count). The smallest absolute Gasteiger partial charge is 0.328 e. The van der Waals surface area contributed by atoms with Crippen molar-refractivity contribution in [3.05, 3.63) is 35.4 Å². The lowest BCUT2D eigenvalue weighted by atomic mass is 9.91. The molecule has 2 N–H and O–H groups in total. The minimum Gasteiger partial charge on any atom is -0.480 e. The lowest BCUT2D eigenvalue weighted by Crippen LogP contribution is -2.47. The number of carbonyl (C=O) groups is 1. The van der Waals surface area contributed by atoms with Gasteiger partial charge in [-0.05, 0) is 32.4 Å². The molecule has 0 spiro atoms. The molecule has 0 saturated carbocycles. The minimum absolute atomic E-state index is 0.715. The zero-order valence-corrected chi connectivity index (χ0v) is 10.8. The number of aliphatic carboxylic acids is 1. The maximum absolute atomic E-state index is 11.4. The van der Waals surface area contributed by atoms with Gasteiger partial charge in [0.05, 0.1) is 0 Å². The van der Waals surface area contributed by atoms with E-state index in [1.807, 2.05) is 31.2 Å². The van der Waals surface area contributed by atoms with E-state index in [4.69, 9.17) is 0 Å². The molecule has 0 aromatic heterocycles. The molecule has 1 atom stereocenters. The quantitative estimate of drug-likeness (QED) is 0.745. The Hall–Kier alpha value is -1.35. The second kappa shape index (κ2) is 5.82. The van der Waals surface area contributed by atoms with Crippen molar-refractivity contribution in [3.63, 3.8) is 0 Å². The van der Waals surface area contributed by atoms with Crippen LogP contribution in [-0.2, 0) is 10.3 Å². The normalized spacial score (nSPS) is 14.3. The van der Waals surface area contributed by atoms with Crippen LogP contribution in [0.3, 0.4) is 0 Å². The fraction of sp³-hybridized carbons (Fsp3) is 0.500. The standard InChI is InChI=1S/C14H21NO2/c1-4-5-10-15-14(3,13(16)17)12-8-6-11(2)7-9-12/h6-9,15H,4-5,10H2,1-3H3,(H,16,17). The van der Waals surface area contributed by atoms with Crippen LogP contribution in [0.2, 0.25) is 0 Å². The van der Waals surface area contributed by atoms with Crippen LogP contribution < -0.4 is 5.32 Å². The summed E-state index contributed by atoms with van der Waals surface area (Å²) in [6, 6.07) is 7.64. The molecule has 0 radical (unpaired) electrons. The van der Waals surface area contributed by atoms with E-state index in [1.165, 1.54) is 0 Å². The highest BCUT2D eigenvalue weighted by Gasteiger charge is 2.34. The first-order valence-corrected chi connectivity index (χ1v) is 6.06. The van der Waals surface area contributed by atoms with Crippen LogP contribution >= 0.6 is 0 Å². The number of unbranched alkanes of at least 4 members (excludes halogenated alkanes) is 1. The molecule has 0 fully saturated rings. The number of aryl methyl sites for hydroxylation is 1. The number of hydrogen-bond donors (Lipinski definition) is 2. The molecule has 0 aliphatic heterocycles. The fourth-order valence-electron chi connectivity index (χ4n) is 1.70. The van der Waals surface area contributed by atoms with Gasteiger partial charge in [0, 0.05) is 0 Å². The highest BCUT2D eigenvalue weighted by atomic mass is 16.4. The van der Waals surface area contributed by atoms with Gasteiger partial charge in [-0.1, -0.05) is 43.2 Å². The Labute approximate surface area is 103 Å². The highest BCUT2D eigenvalue weighted by molar-refractivity contribution is 5.80. The van der Waals surface area contributed by atoms with Gasteiger partial charge in [0.2, 0.25) is 0 Å². The zero-order chi connectivity index (χ0) is 12.9. The first kappa shape index (κ1) is 13.7. The molecule has 94 valence electrons. The van der Waals surface area contributed by atoms with E-state index in [2.05, 4.69) is 12.2 Å². The Morgan fingerprint density at radius 1 is 1.35 bits per heavy atom.